The Morgan fingerprint density at radius 3 is 1.19 bits per heavy atom. The average molecular weight is 659 g/mol. The van der Waals surface area contributed by atoms with Gasteiger partial charge < -0.3 is 47.2 Å². The zero-order valence-corrected chi connectivity index (χ0v) is 29.1. The van der Waals surface area contributed by atoms with Crippen LogP contribution in [0.25, 0.3) is 0 Å². The van der Waals surface area contributed by atoms with Crippen molar-refractivity contribution in [3.8, 4) is 11.5 Å². The van der Waals surface area contributed by atoms with Gasteiger partial charge in [0.05, 0.1) is 12.1 Å². The Bertz CT molecular complexity index is 938. The molecule has 0 saturated heterocycles. The van der Waals surface area contributed by atoms with Crippen molar-refractivity contribution >= 4 is 11.8 Å². The number of nitrogens with two attached hydrogens (primary N) is 2. The summed E-state index contributed by atoms with van der Waals surface area (Å²) in [6.07, 6.45) is 7.78. The Morgan fingerprint density at radius 1 is 0.619 bits per heavy atom. The van der Waals surface area contributed by atoms with Gasteiger partial charge in [0.15, 0.2) is 0 Å². The number of aliphatic imine (C=N–C) groups is 2. The third-order valence-corrected chi connectivity index (χ3v) is 6.36. The summed E-state index contributed by atoms with van der Waals surface area (Å²) in [5.41, 5.74) is 12.1. The minimum atomic E-state index is -0.432. The minimum absolute atomic E-state index is 0. The first-order valence-corrected chi connectivity index (χ1v) is 13.2. The molecule has 0 aliphatic heterocycles. The molecule has 0 bridgehead atoms. The number of aliphatic hydroxyl groups excluding tert-OH is 3. The first-order chi connectivity index (χ1) is 19.4. The number of rotatable bonds is 4. The molecule has 0 unspecified atom stereocenters. The second-order valence-electron chi connectivity index (χ2n) is 8.89. The summed E-state index contributed by atoms with van der Waals surface area (Å²) in [6.45, 7) is 0. The van der Waals surface area contributed by atoms with Crippen molar-refractivity contribution in [2.24, 2.45) is 21.5 Å². The van der Waals surface area contributed by atoms with Crippen LogP contribution in [-0.2, 0) is 16.8 Å². The van der Waals surface area contributed by atoms with E-state index in [4.69, 9.17) is 26.8 Å². The van der Waals surface area contributed by atoms with Crippen molar-refractivity contribution < 1.29 is 104 Å². The molecular weight excluding hydrogens is 614 g/mol. The SMILES string of the molecule is CO.CO.CO.N[C@@H]1CCCC[C@H]1N=C([O-])c1ccccc1[O-].N[C@H]1CCCC[C@@H]1N=C([O-])c1ccccc1[O-].[Co+3].[K+]. The maximum Gasteiger partial charge on any atom is 3.00 e. The molecule has 0 spiro atoms. The van der Waals surface area contributed by atoms with E-state index >= 15 is 0 Å². The molecular formula is C29H44CoKN4O7. The van der Waals surface area contributed by atoms with Crippen LogP contribution in [0.3, 0.4) is 0 Å². The second-order valence-corrected chi connectivity index (χ2v) is 8.89. The van der Waals surface area contributed by atoms with E-state index in [0.29, 0.717) is 0 Å². The van der Waals surface area contributed by atoms with Crippen LogP contribution in [0.2, 0.25) is 0 Å². The van der Waals surface area contributed by atoms with E-state index in [0.717, 1.165) is 72.7 Å². The molecule has 2 fully saturated rings. The van der Waals surface area contributed by atoms with Gasteiger partial charge in [0.2, 0.25) is 0 Å². The Labute approximate surface area is 302 Å². The smallest absolute Gasteiger partial charge is 0.872 e. The summed E-state index contributed by atoms with van der Waals surface area (Å²) in [6, 6.07) is 12.0. The third kappa shape index (κ3) is 16.1. The molecule has 0 aromatic heterocycles. The van der Waals surface area contributed by atoms with Crippen molar-refractivity contribution in [3.05, 3.63) is 59.7 Å². The van der Waals surface area contributed by atoms with Gasteiger partial charge in [-0.1, -0.05) is 74.2 Å². The van der Waals surface area contributed by atoms with Crippen molar-refractivity contribution in [1.82, 2.24) is 0 Å². The fourth-order valence-corrected chi connectivity index (χ4v) is 4.33. The van der Waals surface area contributed by atoms with Gasteiger partial charge in [0.1, 0.15) is 0 Å². The number of aliphatic hydroxyl groups is 3. The van der Waals surface area contributed by atoms with Crippen molar-refractivity contribution in [2.45, 2.75) is 75.5 Å². The average Bonchev–Trinajstić information content (AvgIpc) is 2.99. The van der Waals surface area contributed by atoms with Gasteiger partial charge in [0.25, 0.3) is 0 Å². The van der Waals surface area contributed by atoms with Crippen LogP contribution in [0.4, 0.5) is 0 Å². The van der Waals surface area contributed by atoms with Crippen LogP contribution in [-0.4, -0.2) is 72.6 Å². The Hall–Kier alpha value is -1.08. The summed E-state index contributed by atoms with van der Waals surface area (Å²) >= 11 is 0. The number of hydrogen-bond donors (Lipinski definition) is 5. The summed E-state index contributed by atoms with van der Waals surface area (Å²) in [5.74, 6) is -1.41. The summed E-state index contributed by atoms with van der Waals surface area (Å²) in [7, 11) is 3.00. The van der Waals surface area contributed by atoms with E-state index in [1.165, 1.54) is 24.3 Å². The molecule has 0 radical (unpaired) electrons. The molecule has 0 amide bonds. The van der Waals surface area contributed by atoms with E-state index < -0.39 is 11.8 Å². The standard InChI is InChI=1S/2C13H18N2O2.3CH4O.Co.K/c2*14-10-6-2-3-7-11(10)15-13(17)9-5-1-4-8-12(9)16;3*1-2;;/h2*1,4-5,8,10-11,16H,2-3,6-7,14H2,(H,15,17);3*2H,1H3;;/q;;;;;+3;+1/p-4/t2*10-,11-;;;;;/m10...../s1. The predicted molar refractivity (Wildman–Crippen MR) is 150 cm³/mol. The normalized spacial score (nSPS) is 21.3. The van der Waals surface area contributed by atoms with E-state index in [-0.39, 0.29) is 115 Å². The molecule has 2 aliphatic rings. The Balaban J connectivity index is -0.000000591. The number of hydrogen-bond acceptors (Lipinski definition) is 11. The van der Waals surface area contributed by atoms with Crippen LogP contribution in [0.1, 0.15) is 62.5 Å². The van der Waals surface area contributed by atoms with E-state index in [2.05, 4.69) is 9.98 Å². The number of benzene rings is 2. The first-order valence-electron chi connectivity index (χ1n) is 13.2. The van der Waals surface area contributed by atoms with Crippen LogP contribution in [0.5, 0.6) is 11.5 Å². The van der Waals surface area contributed by atoms with Crippen LogP contribution in [0, 0.1) is 0 Å². The molecule has 2 aromatic rings. The second kappa shape index (κ2) is 27.5. The molecule has 42 heavy (non-hydrogen) atoms. The predicted octanol–water partition coefficient (Wildman–Crippen LogP) is -3.90. The van der Waals surface area contributed by atoms with Gasteiger partial charge in [-0.15, -0.1) is 11.5 Å². The van der Waals surface area contributed by atoms with Gasteiger partial charge in [-0.05, 0) is 48.6 Å². The van der Waals surface area contributed by atoms with Crippen LogP contribution >= 0.6 is 0 Å². The number of nitrogens with zero attached hydrogens (tertiary/aromatic N) is 2. The maximum atomic E-state index is 11.9. The topological polar surface area (TPSA) is 230 Å². The molecule has 2 aromatic carbocycles. The minimum Gasteiger partial charge on any atom is -0.872 e. The van der Waals surface area contributed by atoms with Gasteiger partial charge in [0, 0.05) is 33.4 Å². The molecule has 4 rings (SSSR count). The van der Waals surface area contributed by atoms with Crippen LogP contribution in [0.15, 0.2) is 58.5 Å². The molecule has 7 N–H and O–H groups in total. The molecule has 2 saturated carbocycles. The van der Waals surface area contributed by atoms with E-state index in [1.807, 2.05) is 0 Å². The molecule has 232 valence electrons. The first kappa shape index (κ1) is 45.4. The third-order valence-electron chi connectivity index (χ3n) is 6.36. The van der Waals surface area contributed by atoms with Gasteiger partial charge in [-0.2, -0.15) is 0 Å². The quantitative estimate of drug-likeness (QED) is 0.123. The van der Waals surface area contributed by atoms with Gasteiger partial charge in [-0.25, -0.2) is 0 Å². The molecule has 13 heteroatoms. The van der Waals surface area contributed by atoms with E-state index in [9.17, 15) is 20.4 Å². The Kier molecular flexibility index (Phi) is 29.7. The summed E-state index contributed by atoms with van der Waals surface area (Å²) < 4.78 is 0. The zero-order valence-electron chi connectivity index (χ0n) is 24.9. The Morgan fingerprint density at radius 2 is 0.905 bits per heavy atom. The summed E-state index contributed by atoms with van der Waals surface area (Å²) in [4.78, 5) is 8.17. The molecule has 4 atom stereocenters. The van der Waals surface area contributed by atoms with Crippen molar-refractivity contribution in [2.75, 3.05) is 21.3 Å². The maximum absolute atomic E-state index is 11.9. The van der Waals surface area contributed by atoms with Gasteiger partial charge in [-0.3, -0.25) is 9.98 Å². The fraction of sp³-hybridized carbons (Fsp3) is 0.517. The summed E-state index contributed by atoms with van der Waals surface area (Å²) in [5, 5.41) is 67.7. The molecule has 2 aliphatic carbocycles. The van der Waals surface area contributed by atoms with Crippen molar-refractivity contribution in [3.63, 3.8) is 0 Å². The number of para-hydroxylation sites is 2. The molecule has 11 nitrogen and oxygen atoms in total. The van der Waals surface area contributed by atoms with Gasteiger partial charge >= 0.3 is 68.2 Å². The van der Waals surface area contributed by atoms with Crippen LogP contribution < -0.4 is 83.3 Å². The van der Waals surface area contributed by atoms with Crippen molar-refractivity contribution in [1.29, 1.82) is 0 Å². The molecule has 0 heterocycles. The van der Waals surface area contributed by atoms with E-state index in [1.54, 1.807) is 24.3 Å². The fourth-order valence-electron chi connectivity index (χ4n) is 4.33. The monoisotopic (exact) mass is 658 g/mol. The zero-order chi connectivity index (χ0) is 30.5. The largest absolute Gasteiger partial charge is 3.00 e.